The summed E-state index contributed by atoms with van der Waals surface area (Å²) >= 11 is 0. The van der Waals surface area contributed by atoms with Crippen molar-refractivity contribution in [2.24, 2.45) is 0 Å². The average molecular weight is 240 g/mol. The van der Waals surface area contributed by atoms with Gasteiger partial charge in [0.1, 0.15) is 0 Å². The molecule has 0 amide bonds. The summed E-state index contributed by atoms with van der Waals surface area (Å²) < 4.78 is 10.6. The minimum absolute atomic E-state index is 0. The Bertz CT molecular complexity index is 141. The fourth-order valence-corrected chi connectivity index (χ4v) is 0.977. The first-order valence-electron chi connectivity index (χ1n) is 2.17. The van der Waals surface area contributed by atoms with Gasteiger partial charge in [-0.1, -0.05) is 9.93 Å². The van der Waals surface area contributed by atoms with Crippen molar-refractivity contribution in [3.8, 4) is 0 Å². The maximum Gasteiger partial charge on any atom is 0.314 e. The summed E-state index contributed by atoms with van der Waals surface area (Å²) in [6.45, 7) is 0. The van der Waals surface area contributed by atoms with Crippen molar-refractivity contribution >= 4 is 15.9 Å². The second-order valence-electron chi connectivity index (χ2n) is 2.13. The van der Waals surface area contributed by atoms with Crippen molar-refractivity contribution in [1.82, 2.24) is 0 Å². The molecule has 11 heavy (non-hydrogen) atoms. The van der Waals surface area contributed by atoms with Crippen LogP contribution in [-0.4, -0.2) is 44.5 Å². The number of aliphatic carboxylic acids is 1. The molecule has 0 aromatic rings. The third kappa shape index (κ3) is 25.4. The SMILES string of the molecule is C[SH](C)(=O)CC(=O)O.O.O.[Zn]. The van der Waals surface area contributed by atoms with Crippen LogP contribution in [0, 0.1) is 0 Å². The predicted molar refractivity (Wildman–Crippen MR) is 41.1 cm³/mol. The number of carboxylic acids is 1. The van der Waals surface area contributed by atoms with Gasteiger partial charge < -0.3 is 16.1 Å². The summed E-state index contributed by atoms with van der Waals surface area (Å²) in [7, 11) is -2.32. The van der Waals surface area contributed by atoms with Crippen LogP contribution in [0.4, 0.5) is 0 Å². The standard InChI is InChI=1S/C4H10O3S.2H2O.Zn/c1-8(2,7)3-4(5)6;;;/h8H,3H2,1-2H3,(H,5,6);2*1H2;. The topological polar surface area (TPSA) is 117 Å². The van der Waals surface area contributed by atoms with Gasteiger partial charge in [0.2, 0.25) is 0 Å². The van der Waals surface area contributed by atoms with Gasteiger partial charge in [-0.2, -0.15) is 0 Å². The molecule has 0 bridgehead atoms. The molecule has 0 rings (SSSR count). The quantitative estimate of drug-likeness (QED) is 0.417. The fraction of sp³-hybridized carbons (Fsp3) is 0.750. The van der Waals surface area contributed by atoms with E-state index in [1.807, 2.05) is 0 Å². The molecule has 5 N–H and O–H groups in total. The molecular weight excluding hydrogens is 225 g/mol. The minimum Gasteiger partial charge on any atom is -0.481 e. The number of hydrogen-bond donors (Lipinski definition) is 2. The van der Waals surface area contributed by atoms with E-state index in [-0.39, 0.29) is 36.2 Å². The van der Waals surface area contributed by atoms with Gasteiger partial charge in [-0.05, 0) is 12.5 Å². The molecule has 0 saturated carbocycles. The molecule has 68 valence electrons. The normalized spacial score (nSPS) is 9.64. The number of carbonyl (C=O) groups is 1. The molecule has 0 aliphatic heterocycles. The Kier molecular flexibility index (Phi) is 16.9. The van der Waals surface area contributed by atoms with Gasteiger partial charge >= 0.3 is 5.97 Å². The average Bonchev–Trinajstić information content (AvgIpc) is 1.21. The monoisotopic (exact) mass is 238 g/mol. The molecule has 0 aliphatic carbocycles. The predicted octanol–water partition coefficient (Wildman–Crippen LogP) is -2.30. The summed E-state index contributed by atoms with van der Waals surface area (Å²) in [5, 5.41) is 8.08. The zero-order valence-corrected chi connectivity index (χ0v) is 10.5. The first-order chi connectivity index (χ1) is 3.42. The van der Waals surface area contributed by atoms with Crippen LogP contribution in [0.5, 0.6) is 0 Å². The van der Waals surface area contributed by atoms with Crippen molar-refractivity contribution in [3.05, 3.63) is 0 Å². The number of rotatable bonds is 2. The minimum atomic E-state index is -2.32. The van der Waals surface area contributed by atoms with E-state index in [9.17, 15) is 9.00 Å². The van der Waals surface area contributed by atoms with Gasteiger partial charge in [-0.3, -0.25) is 9.00 Å². The molecule has 7 heteroatoms. The van der Waals surface area contributed by atoms with Crippen LogP contribution in [0.15, 0.2) is 0 Å². The largest absolute Gasteiger partial charge is 0.481 e. The number of thiol groups is 1. The van der Waals surface area contributed by atoms with Crippen LogP contribution in [-0.2, 0) is 34.2 Å². The first kappa shape index (κ1) is 22.5. The van der Waals surface area contributed by atoms with Gasteiger partial charge in [-0.15, -0.1) is 0 Å². The molecule has 0 heterocycles. The van der Waals surface area contributed by atoms with Crippen LogP contribution < -0.4 is 0 Å². The van der Waals surface area contributed by atoms with E-state index < -0.39 is 15.9 Å². The zero-order chi connectivity index (χ0) is 6.78. The molecule has 0 fully saturated rings. The summed E-state index contributed by atoms with van der Waals surface area (Å²) in [4.78, 5) is 9.84. The van der Waals surface area contributed by atoms with Crippen molar-refractivity contribution in [2.75, 3.05) is 18.3 Å². The Morgan fingerprint density at radius 2 is 1.64 bits per heavy atom. The van der Waals surface area contributed by atoms with E-state index in [4.69, 9.17) is 5.11 Å². The molecule has 0 radical (unpaired) electrons. The first-order valence-corrected chi connectivity index (χ1v) is 4.96. The van der Waals surface area contributed by atoms with Crippen molar-refractivity contribution in [2.45, 2.75) is 0 Å². The molecule has 0 aromatic heterocycles. The summed E-state index contributed by atoms with van der Waals surface area (Å²) in [5.41, 5.74) is 0. The third-order valence-electron chi connectivity index (χ3n) is 0.516. The molecule has 5 nitrogen and oxygen atoms in total. The molecule has 0 atom stereocenters. The molecule has 0 spiro atoms. The number of hydrogen-bond acceptors (Lipinski definition) is 2. The molecule has 0 saturated heterocycles. The molecular formula is C4H14O5SZn. The maximum atomic E-state index is 10.6. The van der Waals surface area contributed by atoms with Gasteiger partial charge in [0, 0.05) is 19.5 Å². The second kappa shape index (κ2) is 8.26. The molecule has 0 aromatic carbocycles. The van der Waals surface area contributed by atoms with Crippen LogP contribution >= 0.6 is 0 Å². The van der Waals surface area contributed by atoms with Crippen molar-refractivity contribution < 1.29 is 44.5 Å². The summed E-state index contributed by atoms with van der Waals surface area (Å²) in [6, 6.07) is 0. The van der Waals surface area contributed by atoms with E-state index in [0.29, 0.717) is 0 Å². The van der Waals surface area contributed by atoms with E-state index in [0.717, 1.165) is 0 Å². The Morgan fingerprint density at radius 3 is 1.64 bits per heavy atom. The fourth-order valence-electron chi connectivity index (χ4n) is 0.326. The molecule has 0 unspecified atom stereocenters. The maximum absolute atomic E-state index is 10.6. The van der Waals surface area contributed by atoms with Gasteiger partial charge in [0.05, 0.1) is 5.75 Å². The van der Waals surface area contributed by atoms with E-state index in [1.165, 1.54) is 12.5 Å². The Labute approximate surface area is 79.0 Å². The smallest absolute Gasteiger partial charge is 0.314 e. The number of carboxylic acid groups (broad SMARTS) is 1. The Balaban J connectivity index is -0.0000000817. The second-order valence-corrected chi connectivity index (χ2v) is 5.59. The summed E-state index contributed by atoms with van der Waals surface area (Å²) in [5.74, 6) is -1.19. The van der Waals surface area contributed by atoms with Gasteiger partial charge in [0.15, 0.2) is 0 Å². The van der Waals surface area contributed by atoms with E-state index in [2.05, 4.69) is 0 Å². The summed E-state index contributed by atoms with van der Waals surface area (Å²) in [6.07, 6.45) is 2.92. The van der Waals surface area contributed by atoms with Crippen LogP contribution in [0.1, 0.15) is 0 Å². The van der Waals surface area contributed by atoms with Crippen LogP contribution in [0.3, 0.4) is 0 Å². The van der Waals surface area contributed by atoms with E-state index >= 15 is 0 Å². The zero-order valence-electron chi connectivity index (χ0n) is 6.63. The third-order valence-corrected chi connectivity index (χ3v) is 1.55. The van der Waals surface area contributed by atoms with Crippen molar-refractivity contribution in [1.29, 1.82) is 0 Å². The Morgan fingerprint density at radius 1 is 1.36 bits per heavy atom. The van der Waals surface area contributed by atoms with E-state index in [1.54, 1.807) is 0 Å². The van der Waals surface area contributed by atoms with Crippen molar-refractivity contribution in [3.63, 3.8) is 0 Å². The van der Waals surface area contributed by atoms with Gasteiger partial charge in [-0.25, -0.2) is 0 Å². The van der Waals surface area contributed by atoms with Crippen LogP contribution in [0.25, 0.3) is 0 Å². The van der Waals surface area contributed by atoms with Gasteiger partial charge in [0.25, 0.3) is 0 Å². The molecule has 0 aliphatic rings. The van der Waals surface area contributed by atoms with Crippen LogP contribution in [0.2, 0.25) is 0 Å². The Hall–Kier alpha value is 0.163.